The van der Waals surface area contributed by atoms with Gasteiger partial charge in [0.2, 0.25) is 0 Å². The van der Waals surface area contributed by atoms with E-state index in [1.165, 1.54) is 34.2 Å². The number of halogens is 1. The van der Waals surface area contributed by atoms with Crippen molar-refractivity contribution < 1.29 is 0 Å². The molecule has 2 heterocycles. The standard InChI is InChI=1S/C24H22ClN3S/c25-19-12-6-4-10-17(19)15-26-23-22-18-11-5-7-13-20(18)29-24(22)28-21(27-23)14-16-8-2-1-3-9-16/h1-4,6,8-10,12H,5,7,11,13-15H2,(H,26,27,28). The molecule has 0 amide bonds. The molecule has 5 rings (SSSR count). The molecule has 0 saturated heterocycles. The Labute approximate surface area is 179 Å². The Balaban J connectivity index is 1.55. The molecular weight excluding hydrogens is 398 g/mol. The first kappa shape index (κ1) is 18.6. The topological polar surface area (TPSA) is 37.8 Å². The van der Waals surface area contributed by atoms with E-state index >= 15 is 0 Å². The summed E-state index contributed by atoms with van der Waals surface area (Å²) >= 11 is 8.22. The first-order valence-electron chi connectivity index (χ1n) is 10.1. The average molecular weight is 420 g/mol. The number of benzene rings is 2. The highest BCUT2D eigenvalue weighted by Crippen LogP contribution is 2.39. The van der Waals surface area contributed by atoms with Gasteiger partial charge >= 0.3 is 0 Å². The van der Waals surface area contributed by atoms with Gasteiger partial charge in [0.05, 0.1) is 5.39 Å². The van der Waals surface area contributed by atoms with Crippen LogP contribution in [0.5, 0.6) is 0 Å². The van der Waals surface area contributed by atoms with Crippen molar-refractivity contribution in [3.63, 3.8) is 0 Å². The van der Waals surface area contributed by atoms with Crippen molar-refractivity contribution in [2.45, 2.75) is 38.6 Å². The van der Waals surface area contributed by atoms with Crippen LogP contribution >= 0.6 is 22.9 Å². The molecule has 0 unspecified atom stereocenters. The zero-order valence-electron chi connectivity index (χ0n) is 16.1. The van der Waals surface area contributed by atoms with Crippen LogP contribution in [0.15, 0.2) is 54.6 Å². The van der Waals surface area contributed by atoms with Crippen molar-refractivity contribution in [3.8, 4) is 0 Å². The molecule has 0 fully saturated rings. The minimum absolute atomic E-state index is 0.654. The van der Waals surface area contributed by atoms with Crippen LogP contribution in [-0.2, 0) is 25.8 Å². The van der Waals surface area contributed by atoms with Crippen LogP contribution in [0.4, 0.5) is 5.82 Å². The maximum atomic E-state index is 6.37. The van der Waals surface area contributed by atoms with Gasteiger partial charge in [-0.1, -0.05) is 60.1 Å². The molecule has 0 atom stereocenters. The van der Waals surface area contributed by atoms with E-state index in [2.05, 4.69) is 35.6 Å². The summed E-state index contributed by atoms with van der Waals surface area (Å²) in [4.78, 5) is 12.5. The third-order valence-corrected chi connectivity index (χ3v) is 7.02. The van der Waals surface area contributed by atoms with E-state index in [4.69, 9.17) is 21.6 Å². The van der Waals surface area contributed by atoms with Gasteiger partial charge in [-0.05, 0) is 48.4 Å². The largest absolute Gasteiger partial charge is 0.365 e. The molecular formula is C24H22ClN3S. The fraction of sp³-hybridized carbons (Fsp3) is 0.250. The first-order chi connectivity index (χ1) is 14.3. The van der Waals surface area contributed by atoms with E-state index in [9.17, 15) is 0 Å². The lowest BCUT2D eigenvalue weighted by atomic mass is 9.97. The molecule has 0 aliphatic heterocycles. The minimum Gasteiger partial charge on any atom is -0.365 e. The molecule has 0 saturated carbocycles. The second-order valence-electron chi connectivity index (χ2n) is 7.49. The van der Waals surface area contributed by atoms with Gasteiger partial charge in [-0.3, -0.25) is 0 Å². The number of aromatic nitrogens is 2. The summed E-state index contributed by atoms with van der Waals surface area (Å²) in [6, 6.07) is 18.4. The quantitative estimate of drug-likeness (QED) is 0.405. The lowest BCUT2D eigenvalue weighted by Crippen LogP contribution is -2.07. The Hall–Kier alpha value is -2.43. The van der Waals surface area contributed by atoms with Gasteiger partial charge in [-0.25, -0.2) is 9.97 Å². The Kier molecular flexibility index (Phi) is 5.21. The molecule has 146 valence electrons. The summed E-state index contributed by atoms with van der Waals surface area (Å²) in [6.07, 6.45) is 5.53. The Morgan fingerprint density at radius 3 is 2.59 bits per heavy atom. The van der Waals surface area contributed by atoms with Crippen LogP contribution < -0.4 is 5.32 Å². The molecule has 4 aromatic rings. The SMILES string of the molecule is Clc1ccccc1CNc1nc(Cc2ccccc2)nc2sc3c(c12)CCCC3. The molecule has 0 spiro atoms. The summed E-state index contributed by atoms with van der Waals surface area (Å²) in [5.41, 5.74) is 3.75. The van der Waals surface area contributed by atoms with Crippen molar-refractivity contribution in [1.29, 1.82) is 0 Å². The van der Waals surface area contributed by atoms with E-state index in [1.54, 1.807) is 0 Å². The summed E-state index contributed by atoms with van der Waals surface area (Å²) in [6.45, 7) is 0.654. The molecule has 2 aromatic heterocycles. The highest BCUT2D eigenvalue weighted by Gasteiger charge is 2.21. The van der Waals surface area contributed by atoms with Gasteiger partial charge in [-0.15, -0.1) is 11.3 Å². The number of rotatable bonds is 5. The van der Waals surface area contributed by atoms with Crippen molar-refractivity contribution in [3.05, 3.63) is 87.0 Å². The molecule has 2 aromatic carbocycles. The lowest BCUT2D eigenvalue weighted by Gasteiger charge is -2.14. The third-order valence-electron chi connectivity index (χ3n) is 5.47. The third kappa shape index (κ3) is 3.87. The number of thiophene rings is 1. The normalized spacial score (nSPS) is 13.4. The van der Waals surface area contributed by atoms with Crippen molar-refractivity contribution in [2.24, 2.45) is 0 Å². The van der Waals surface area contributed by atoms with Crippen LogP contribution in [0.1, 0.15) is 40.2 Å². The minimum atomic E-state index is 0.654. The van der Waals surface area contributed by atoms with Gasteiger partial charge in [0.1, 0.15) is 16.5 Å². The van der Waals surface area contributed by atoms with Gasteiger partial charge in [-0.2, -0.15) is 0 Å². The van der Waals surface area contributed by atoms with Gasteiger partial charge in [0, 0.05) is 22.9 Å². The molecule has 0 bridgehead atoms. The number of hydrogen-bond acceptors (Lipinski definition) is 4. The van der Waals surface area contributed by atoms with Crippen LogP contribution in [0.3, 0.4) is 0 Å². The second kappa shape index (κ2) is 8.13. The van der Waals surface area contributed by atoms with E-state index in [0.29, 0.717) is 6.54 Å². The van der Waals surface area contributed by atoms with Crippen molar-refractivity contribution in [2.75, 3.05) is 5.32 Å². The van der Waals surface area contributed by atoms with E-state index < -0.39 is 0 Å². The summed E-state index contributed by atoms with van der Waals surface area (Å²) in [5, 5.41) is 5.57. The Morgan fingerprint density at radius 1 is 0.931 bits per heavy atom. The van der Waals surface area contributed by atoms with Crippen LogP contribution in [-0.4, -0.2) is 9.97 Å². The van der Waals surface area contributed by atoms with Gasteiger partial charge < -0.3 is 5.32 Å². The van der Waals surface area contributed by atoms with E-state index in [1.807, 2.05) is 35.6 Å². The number of aryl methyl sites for hydroxylation is 2. The smallest absolute Gasteiger partial charge is 0.139 e. The predicted molar refractivity (Wildman–Crippen MR) is 122 cm³/mol. The molecule has 1 aliphatic rings. The zero-order valence-corrected chi connectivity index (χ0v) is 17.7. The lowest BCUT2D eigenvalue weighted by molar-refractivity contribution is 0.700. The second-order valence-corrected chi connectivity index (χ2v) is 8.98. The highest BCUT2D eigenvalue weighted by atomic mass is 35.5. The fourth-order valence-electron chi connectivity index (χ4n) is 4.01. The first-order valence-corrected chi connectivity index (χ1v) is 11.3. The van der Waals surface area contributed by atoms with E-state index in [0.717, 1.165) is 46.3 Å². The van der Waals surface area contributed by atoms with Crippen molar-refractivity contribution >= 4 is 39.0 Å². The Morgan fingerprint density at radius 2 is 1.72 bits per heavy atom. The monoisotopic (exact) mass is 419 g/mol. The predicted octanol–water partition coefficient (Wildman–Crippen LogP) is 6.43. The number of anilines is 1. The fourth-order valence-corrected chi connectivity index (χ4v) is 5.49. The molecule has 5 heteroatoms. The summed E-state index contributed by atoms with van der Waals surface area (Å²) < 4.78 is 0. The number of hydrogen-bond donors (Lipinski definition) is 1. The van der Waals surface area contributed by atoms with Gasteiger partial charge in [0.25, 0.3) is 0 Å². The highest BCUT2D eigenvalue weighted by molar-refractivity contribution is 7.19. The van der Waals surface area contributed by atoms with Crippen molar-refractivity contribution in [1.82, 2.24) is 9.97 Å². The van der Waals surface area contributed by atoms with Gasteiger partial charge in [0.15, 0.2) is 0 Å². The molecule has 1 aliphatic carbocycles. The Bertz CT molecular complexity index is 1150. The molecule has 0 radical (unpaired) electrons. The van der Waals surface area contributed by atoms with Crippen LogP contribution in [0.25, 0.3) is 10.2 Å². The molecule has 3 nitrogen and oxygen atoms in total. The molecule has 29 heavy (non-hydrogen) atoms. The maximum Gasteiger partial charge on any atom is 0.139 e. The maximum absolute atomic E-state index is 6.37. The molecule has 1 N–H and O–H groups in total. The summed E-state index contributed by atoms with van der Waals surface area (Å²) in [5.74, 6) is 1.81. The number of nitrogens with zero attached hydrogens (tertiary/aromatic N) is 2. The summed E-state index contributed by atoms with van der Waals surface area (Å²) in [7, 11) is 0. The zero-order chi connectivity index (χ0) is 19.6. The number of nitrogens with one attached hydrogen (secondary N) is 1. The average Bonchev–Trinajstić information content (AvgIpc) is 3.12. The van der Waals surface area contributed by atoms with E-state index in [-0.39, 0.29) is 0 Å². The number of fused-ring (bicyclic) bond motifs is 3. The van der Waals surface area contributed by atoms with Crippen LogP contribution in [0.2, 0.25) is 5.02 Å². The van der Waals surface area contributed by atoms with Crippen LogP contribution in [0, 0.1) is 0 Å².